The molecule has 1 atom stereocenters. The van der Waals surface area contributed by atoms with E-state index < -0.39 is 0 Å². The molecule has 8 heteroatoms. The second-order valence-corrected chi connectivity index (χ2v) is 9.56. The van der Waals surface area contributed by atoms with Crippen LogP contribution in [0.4, 0.5) is 11.5 Å². The van der Waals surface area contributed by atoms with Crippen molar-refractivity contribution in [2.45, 2.75) is 12.8 Å². The third kappa shape index (κ3) is 3.84. The van der Waals surface area contributed by atoms with Gasteiger partial charge < -0.3 is 19.1 Å². The summed E-state index contributed by atoms with van der Waals surface area (Å²) in [4.78, 5) is 29.5. The van der Waals surface area contributed by atoms with Crippen LogP contribution in [0.15, 0.2) is 60.9 Å². The normalized spacial score (nSPS) is 19.2. The number of amides is 1. The summed E-state index contributed by atoms with van der Waals surface area (Å²) < 4.78 is 2.14. The number of rotatable bonds is 3. The van der Waals surface area contributed by atoms with Gasteiger partial charge in [-0.05, 0) is 55.3 Å². The summed E-state index contributed by atoms with van der Waals surface area (Å²) in [6.07, 6.45) is 5.73. The van der Waals surface area contributed by atoms with E-state index in [0.29, 0.717) is 6.54 Å². The van der Waals surface area contributed by atoms with Crippen LogP contribution in [0.3, 0.4) is 0 Å². The number of piperazine rings is 1. The zero-order chi connectivity index (χ0) is 23.1. The molecule has 3 aromatic heterocycles. The number of aromatic nitrogens is 3. The number of anilines is 2. The molecule has 7 nitrogen and oxygen atoms in total. The van der Waals surface area contributed by atoms with Crippen molar-refractivity contribution >= 4 is 45.7 Å². The van der Waals surface area contributed by atoms with Crippen molar-refractivity contribution in [1.82, 2.24) is 19.3 Å². The van der Waals surface area contributed by atoms with E-state index in [9.17, 15) is 4.79 Å². The Kier molecular flexibility index (Phi) is 5.49. The minimum atomic E-state index is -0.0114. The average molecular weight is 475 g/mol. The predicted octanol–water partition coefficient (Wildman–Crippen LogP) is 4.10. The number of piperidine rings is 1. The molecule has 1 unspecified atom stereocenters. The highest BCUT2D eigenvalue weighted by atomic mass is 35.5. The quantitative estimate of drug-likeness (QED) is 0.447. The third-order valence-electron chi connectivity index (χ3n) is 7.05. The Morgan fingerprint density at radius 3 is 2.65 bits per heavy atom. The minimum Gasteiger partial charge on any atom is -0.368 e. The van der Waals surface area contributed by atoms with E-state index in [1.807, 2.05) is 41.3 Å². The largest absolute Gasteiger partial charge is 0.368 e. The highest BCUT2D eigenvalue weighted by molar-refractivity contribution is 6.30. The maximum Gasteiger partial charge on any atom is 0.227 e. The first-order valence-electron chi connectivity index (χ1n) is 11.9. The van der Waals surface area contributed by atoms with E-state index in [-0.39, 0.29) is 11.8 Å². The van der Waals surface area contributed by atoms with Crippen LogP contribution in [0.5, 0.6) is 0 Å². The van der Waals surface area contributed by atoms with Gasteiger partial charge in [0, 0.05) is 62.4 Å². The maximum absolute atomic E-state index is 13.5. The average Bonchev–Trinajstić information content (AvgIpc) is 3.38. The van der Waals surface area contributed by atoms with Crippen LogP contribution in [0, 0.1) is 5.92 Å². The summed E-state index contributed by atoms with van der Waals surface area (Å²) in [5.41, 5.74) is 3.90. The van der Waals surface area contributed by atoms with Gasteiger partial charge in [0.05, 0.1) is 17.0 Å². The van der Waals surface area contributed by atoms with E-state index in [4.69, 9.17) is 16.6 Å². The van der Waals surface area contributed by atoms with Crippen LogP contribution in [0.2, 0.25) is 5.02 Å². The molecule has 0 aliphatic carbocycles. The number of fused-ring (bicyclic) bond motifs is 3. The van der Waals surface area contributed by atoms with Gasteiger partial charge in [-0.3, -0.25) is 4.79 Å². The Bertz CT molecular complexity index is 1350. The molecule has 2 aliphatic heterocycles. The predicted molar refractivity (Wildman–Crippen MR) is 136 cm³/mol. The molecule has 4 aromatic rings. The molecule has 0 bridgehead atoms. The van der Waals surface area contributed by atoms with Crippen LogP contribution < -0.4 is 9.80 Å². The lowest BCUT2D eigenvalue weighted by molar-refractivity contribution is -0.136. The second kappa shape index (κ2) is 8.80. The van der Waals surface area contributed by atoms with E-state index in [1.54, 1.807) is 6.20 Å². The van der Waals surface area contributed by atoms with E-state index in [1.165, 1.54) is 0 Å². The van der Waals surface area contributed by atoms with Gasteiger partial charge in [-0.1, -0.05) is 17.7 Å². The van der Waals surface area contributed by atoms with Gasteiger partial charge in [0.25, 0.3) is 0 Å². The lowest BCUT2D eigenvalue weighted by atomic mass is 9.96. The molecule has 0 saturated carbocycles. The summed E-state index contributed by atoms with van der Waals surface area (Å²) in [7, 11) is 0. The standard InChI is InChI=1S/C26H27ClN6O/c27-20-6-1-7-21(17-20)30-13-15-31(16-14-30)26(34)19-5-3-11-32(18-19)25-23-9-4-12-33(23)22-8-2-10-28-24(22)29-25/h1-2,4,6-10,12,17,19H,3,5,11,13-16,18H2. The molecule has 1 amide bonds. The highest BCUT2D eigenvalue weighted by Gasteiger charge is 2.32. The number of hydrogen-bond acceptors (Lipinski definition) is 5. The molecule has 2 aliphatic rings. The third-order valence-corrected chi connectivity index (χ3v) is 7.29. The van der Waals surface area contributed by atoms with Gasteiger partial charge >= 0.3 is 0 Å². The van der Waals surface area contributed by atoms with Gasteiger partial charge in [0.2, 0.25) is 5.91 Å². The molecular weight excluding hydrogens is 448 g/mol. The fraction of sp³-hybridized carbons (Fsp3) is 0.346. The van der Waals surface area contributed by atoms with Crippen molar-refractivity contribution in [2.24, 2.45) is 5.92 Å². The fourth-order valence-electron chi connectivity index (χ4n) is 5.31. The number of pyridine rings is 1. The summed E-state index contributed by atoms with van der Waals surface area (Å²) in [5, 5.41) is 0.743. The summed E-state index contributed by atoms with van der Waals surface area (Å²) in [6, 6.07) is 16.0. The molecule has 5 heterocycles. The topological polar surface area (TPSA) is 57.0 Å². The molecule has 34 heavy (non-hydrogen) atoms. The van der Waals surface area contributed by atoms with Crippen LogP contribution >= 0.6 is 11.6 Å². The first kappa shape index (κ1) is 21.2. The van der Waals surface area contributed by atoms with Crippen LogP contribution in [-0.4, -0.2) is 64.4 Å². The molecule has 174 valence electrons. The van der Waals surface area contributed by atoms with E-state index in [2.05, 4.69) is 37.5 Å². The summed E-state index contributed by atoms with van der Waals surface area (Å²) in [5.74, 6) is 1.17. The van der Waals surface area contributed by atoms with Crippen LogP contribution in [0.1, 0.15) is 12.8 Å². The van der Waals surface area contributed by atoms with Crippen molar-refractivity contribution in [3.8, 4) is 0 Å². The lowest BCUT2D eigenvalue weighted by Crippen LogP contribution is -2.52. The van der Waals surface area contributed by atoms with Crippen molar-refractivity contribution in [3.05, 3.63) is 65.9 Å². The lowest BCUT2D eigenvalue weighted by Gasteiger charge is -2.40. The van der Waals surface area contributed by atoms with Crippen molar-refractivity contribution < 1.29 is 4.79 Å². The van der Waals surface area contributed by atoms with E-state index >= 15 is 0 Å². The Morgan fingerprint density at radius 1 is 0.941 bits per heavy atom. The zero-order valence-electron chi connectivity index (χ0n) is 19.0. The van der Waals surface area contributed by atoms with Gasteiger partial charge in [0.15, 0.2) is 11.5 Å². The molecular formula is C26H27ClN6O. The van der Waals surface area contributed by atoms with Gasteiger partial charge in [-0.25, -0.2) is 9.97 Å². The number of halogens is 1. The number of carbonyl (C=O) groups is 1. The zero-order valence-corrected chi connectivity index (χ0v) is 19.7. The molecule has 2 fully saturated rings. The molecule has 0 spiro atoms. The number of benzene rings is 1. The maximum atomic E-state index is 13.5. The smallest absolute Gasteiger partial charge is 0.227 e. The SMILES string of the molecule is O=C(C1CCCN(c2nc3ncccc3n3cccc23)C1)N1CCN(c2cccc(Cl)c2)CC1. The van der Waals surface area contributed by atoms with Gasteiger partial charge in [0.1, 0.15) is 0 Å². The molecule has 0 radical (unpaired) electrons. The fourth-order valence-corrected chi connectivity index (χ4v) is 5.50. The Hall–Kier alpha value is -3.32. The summed E-state index contributed by atoms with van der Waals surface area (Å²) >= 11 is 6.16. The first-order valence-corrected chi connectivity index (χ1v) is 12.3. The molecule has 6 rings (SSSR count). The Labute approximate surface area is 203 Å². The number of nitrogens with zero attached hydrogens (tertiary/aromatic N) is 6. The van der Waals surface area contributed by atoms with Gasteiger partial charge in [-0.15, -0.1) is 0 Å². The molecule has 1 aromatic carbocycles. The minimum absolute atomic E-state index is 0.0114. The molecule has 0 N–H and O–H groups in total. The second-order valence-electron chi connectivity index (χ2n) is 9.12. The first-order chi connectivity index (χ1) is 16.7. The van der Waals surface area contributed by atoms with Crippen LogP contribution in [-0.2, 0) is 4.79 Å². The monoisotopic (exact) mass is 474 g/mol. The van der Waals surface area contributed by atoms with Crippen molar-refractivity contribution in [3.63, 3.8) is 0 Å². The van der Waals surface area contributed by atoms with Crippen molar-refractivity contribution in [1.29, 1.82) is 0 Å². The Balaban J connectivity index is 1.18. The summed E-state index contributed by atoms with van der Waals surface area (Å²) in [6.45, 7) is 4.72. The number of hydrogen-bond donors (Lipinski definition) is 0. The van der Waals surface area contributed by atoms with Crippen molar-refractivity contribution in [2.75, 3.05) is 49.1 Å². The van der Waals surface area contributed by atoms with Gasteiger partial charge in [-0.2, -0.15) is 0 Å². The number of carbonyl (C=O) groups excluding carboxylic acids is 1. The highest BCUT2D eigenvalue weighted by Crippen LogP contribution is 2.29. The van der Waals surface area contributed by atoms with E-state index in [0.717, 1.165) is 78.8 Å². The molecule has 2 saturated heterocycles. The Morgan fingerprint density at radius 2 is 1.79 bits per heavy atom. The van der Waals surface area contributed by atoms with Crippen LogP contribution in [0.25, 0.3) is 16.7 Å².